The number of rotatable bonds is 2. The summed E-state index contributed by atoms with van der Waals surface area (Å²) in [5, 5.41) is 11.2. The van der Waals surface area contributed by atoms with Crippen molar-refractivity contribution in [3.8, 4) is 11.8 Å². The highest BCUT2D eigenvalue weighted by atomic mass is 19.1. The number of benzene rings is 2. The molecule has 3 nitrogen and oxygen atoms in total. The van der Waals surface area contributed by atoms with Crippen molar-refractivity contribution in [3.63, 3.8) is 0 Å². The Bertz CT molecular complexity index is 733. The molecule has 0 fully saturated rings. The van der Waals surface area contributed by atoms with Gasteiger partial charge in [0, 0.05) is 5.56 Å². The summed E-state index contributed by atoms with van der Waals surface area (Å²) < 4.78 is 26.3. The third-order valence-corrected chi connectivity index (χ3v) is 2.62. The van der Waals surface area contributed by atoms with Crippen LogP contribution in [0.5, 0.6) is 0 Å². The molecule has 106 valence electrons. The number of carbonyl (C=O) groups excluding carboxylic acids is 1. The first kappa shape index (κ1) is 14.7. The predicted molar refractivity (Wildman–Crippen MR) is 74.7 cm³/mol. The van der Waals surface area contributed by atoms with Gasteiger partial charge in [-0.3, -0.25) is 4.79 Å². The molecule has 2 rings (SSSR count). The summed E-state index contributed by atoms with van der Waals surface area (Å²) in [6.45, 7) is -0.381. The molecule has 0 unspecified atom stereocenters. The van der Waals surface area contributed by atoms with E-state index in [4.69, 9.17) is 5.11 Å². The molecule has 5 heteroatoms. The van der Waals surface area contributed by atoms with E-state index in [1.165, 1.54) is 30.3 Å². The molecule has 21 heavy (non-hydrogen) atoms. The largest absolute Gasteiger partial charge is 0.384 e. The molecule has 1 amide bonds. The number of anilines is 1. The number of amides is 1. The van der Waals surface area contributed by atoms with Gasteiger partial charge in [-0.25, -0.2) is 8.78 Å². The average molecular weight is 287 g/mol. The maximum Gasteiger partial charge on any atom is 0.255 e. The lowest BCUT2D eigenvalue weighted by molar-refractivity contribution is 0.102. The third-order valence-electron chi connectivity index (χ3n) is 2.62. The first-order valence-corrected chi connectivity index (χ1v) is 6.06. The lowest BCUT2D eigenvalue weighted by Crippen LogP contribution is -2.13. The molecular formula is C16H11F2NO2. The van der Waals surface area contributed by atoms with Crippen LogP contribution in [0.2, 0.25) is 0 Å². The highest BCUT2D eigenvalue weighted by Crippen LogP contribution is 2.17. The quantitative estimate of drug-likeness (QED) is 0.834. The Hall–Kier alpha value is -2.71. The molecule has 0 aliphatic rings. The smallest absolute Gasteiger partial charge is 0.255 e. The van der Waals surface area contributed by atoms with Crippen LogP contribution >= 0.6 is 0 Å². The second-order valence-corrected chi connectivity index (χ2v) is 4.11. The summed E-state index contributed by atoms with van der Waals surface area (Å²) >= 11 is 0. The van der Waals surface area contributed by atoms with E-state index in [2.05, 4.69) is 17.2 Å². The Morgan fingerprint density at radius 2 is 1.90 bits per heavy atom. The van der Waals surface area contributed by atoms with E-state index in [9.17, 15) is 13.6 Å². The lowest BCUT2D eigenvalue weighted by Gasteiger charge is -2.08. The summed E-state index contributed by atoms with van der Waals surface area (Å²) in [4.78, 5) is 12.0. The van der Waals surface area contributed by atoms with Crippen molar-refractivity contribution >= 4 is 11.6 Å². The van der Waals surface area contributed by atoms with Crippen molar-refractivity contribution in [3.05, 3.63) is 65.2 Å². The molecule has 2 aromatic rings. The minimum atomic E-state index is -0.534. The number of nitrogens with one attached hydrogen (secondary N) is 1. The summed E-state index contributed by atoms with van der Waals surface area (Å²) in [7, 11) is 0. The van der Waals surface area contributed by atoms with Gasteiger partial charge < -0.3 is 10.4 Å². The molecule has 0 saturated carbocycles. The zero-order valence-electron chi connectivity index (χ0n) is 10.9. The minimum absolute atomic E-state index is 0.139. The summed E-state index contributed by atoms with van der Waals surface area (Å²) in [6.07, 6.45) is 0. The molecular weight excluding hydrogens is 276 g/mol. The van der Waals surface area contributed by atoms with Gasteiger partial charge in [-0.1, -0.05) is 17.9 Å². The number of aliphatic hydroxyl groups is 1. The van der Waals surface area contributed by atoms with Crippen molar-refractivity contribution in [2.45, 2.75) is 0 Å². The minimum Gasteiger partial charge on any atom is -0.384 e. The molecule has 0 aliphatic heterocycles. The van der Waals surface area contributed by atoms with E-state index < -0.39 is 17.5 Å². The van der Waals surface area contributed by atoms with E-state index >= 15 is 0 Å². The number of carbonyl (C=O) groups is 1. The molecule has 2 aromatic carbocycles. The van der Waals surface area contributed by atoms with Crippen LogP contribution in [-0.2, 0) is 0 Å². The van der Waals surface area contributed by atoms with Gasteiger partial charge in [-0.05, 0) is 36.4 Å². The van der Waals surface area contributed by atoms with Crippen LogP contribution in [0.3, 0.4) is 0 Å². The van der Waals surface area contributed by atoms with Crippen LogP contribution in [0.4, 0.5) is 14.5 Å². The van der Waals surface area contributed by atoms with Crippen molar-refractivity contribution < 1.29 is 18.7 Å². The van der Waals surface area contributed by atoms with Crippen molar-refractivity contribution in [1.82, 2.24) is 0 Å². The molecule has 0 radical (unpaired) electrons. The monoisotopic (exact) mass is 287 g/mol. The maximum absolute atomic E-state index is 13.2. The fraction of sp³-hybridized carbons (Fsp3) is 0.0625. The van der Waals surface area contributed by atoms with Gasteiger partial charge in [-0.2, -0.15) is 0 Å². The molecule has 0 spiro atoms. The van der Waals surface area contributed by atoms with Crippen LogP contribution in [-0.4, -0.2) is 17.6 Å². The number of hydrogen-bond acceptors (Lipinski definition) is 2. The molecule has 0 aliphatic carbocycles. The predicted octanol–water partition coefficient (Wildman–Crippen LogP) is 2.56. The third kappa shape index (κ3) is 3.88. The van der Waals surface area contributed by atoms with Gasteiger partial charge in [0.05, 0.1) is 11.3 Å². The topological polar surface area (TPSA) is 49.3 Å². The zero-order valence-corrected chi connectivity index (χ0v) is 10.9. The van der Waals surface area contributed by atoms with Gasteiger partial charge in [0.15, 0.2) is 0 Å². The fourth-order valence-corrected chi connectivity index (χ4v) is 1.69. The fourth-order valence-electron chi connectivity index (χ4n) is 1.69. The Morgan fingerprint density at radius 3 is 2.62 bits per heavy atom. The summed E-state index contributed by atoms with van der Waals surface area (Å²) in [5.74, 6) is 3.35. The highest BCUT2D eigenvalue weighted by molar-refractivity contribution is 6.04. The summed E-state index contributed by atoms with van der Waals surface area (Å²) in [5.41, 5.74) is 0.654. The van der Waals surface area contributed by atoms with Gasteiger partial charge in [-0.15, -0.1) is 0 Å². The number of hydrogen-bond donors (Lipinski definition) is 2. The average Bonchev–Trinajstić information content (AvgIpc) is 2.47. The van der Waals surface area contributed by atoms with Gasteiger partial charge in [0.2, 0.25) is 0 Å². The molecule has 0 aromatic heterocycles. The van der Waals surface area contributed by atoms with Crippen molar-refractivity contribution in [2.24, 2.45) is 0 Å². The summed E-state index contributed by atoms with van der Waals surface area (Å²) in [6, 6.07) is 8.87. The lowest BCUT2D eigenvalue weighted by atomic mass is 10.1. The Balaban J connectivity index is 2.29. The standard InChI is InChI=1S/C16H11F2NO2/c17-13-5-1-3-12(10-13)16(21)19-15-7-6-14(18)9-11(15)4-2-8-20/h1,3,5-7,9-10,20H,8H2,(H,19,21). The molecule has 0 saturated heterocycles. The zero-order chi connectivity index (χ0) is 15.2. The van der Waals surface area contributed by atoms with Gasteiger partial charge >= 0.3 is 0 Å². The first-order valence-electron chi connectivity index (χ1n) is 6.06. The molecule has 0 heterocycles. The van der Waals surface area contributed by atoms with E-state index in [1.54, 1.807) is 0 Å². The van der Waals surface area contributed by atoms with Crippen molar-refractivity contribution in [1.29, 1.82) is 0 Å². The normalized spacial score (nSPS) is 9.67. The van der Waals surface area contributed by atoms with Crippen LogP contribution in [0.1, 0.15) is 15.9 Å². The maximum atomic E-state index is 13.2. The molecule has 2 N–H and O–H groups in total. The number of halogens is 2. The van der Waals surface area contributed by atoms with Crippen LogP contribution in [0, 0.1) is 23.5 Å². The van der Waals surface area contributed by atoms with Crippen LogP contribution in [0.25, 0.3) is 0 Å². The van der Waals surface area contributed by atoms with Crippen LogP contribution in [0.15, 0.2) is 42.5 Å². The molecule has 0 bridgehead atoms. The second kappa shape index (κ2) is 6.64. The van der Waals surface area contributed by atoms with E-state index in [-0.39, 0.29) is 23.4 Å². The van der Waals surface area contributed by atoms with Crippen LogP contribution < -0.4 is 5.32 Å². The van der Waals surface area contributed by atoms with Crippen molar-refractivity contribution in [2.75, 3.05) is 11.9 Å². The first-order chi connectivity index (χ1) is 10.1. The molecule has 0 atom stereocenters. The van der Waals surface area contributed by atoms with Gasteiger partial charge in [0.1, 0.15) is 18.2 Å². The highest BCUT2D eigenvalue weighted by Gasteiger charge is 2.09. The Kier molecular flexibility index (Phi) is 4.64. The van der Waals surface area contributed by atoms with E-state index in [0.29, 0.717) is 0 Å². The number of aliphatic hydroxyl groups excluding tert-OH is 1. The van der Waals surface area contributed by atoms with E-state index in [0.717, 1.165) is 12.1 Å². The Morgan fingerprint density at radius 1 is 1.14 bits per heavy atom. The van der Waals surface area contributed by atoms with Gasteiger partial charge in [0.25, 0.3) is 5.91 Å². The Labute approximate surface area is 120 Å². The second-order valence-electron chi connectivity index (χ2n) is 4.11. The van der Waals surface area contributed by atoms with E-state index in [1.807, 2.05) is 0 Å². The SMILES string of the molecule is O=C(Nc1ccc(F)cc1C#CCO)c1cccc(F)c1.